The van der Waals surface area contributed by atoms with E-state index in [4.69, 9.17) is 14.2 Å². The van der Waals surface area contributed by atoms with E-state index >= 15 is 0 Å². The van der Waals surface area contributed by atoms with E-state index in [1.165, 1.54) is 0 Å². The zero-order valence-electron chi connectivity index (χ0n) is 12.3. The highest BCUT2D eigenvalue weighted by Gasteiger charge is 2.41. The van der Waals surface area contributed by atoms with Gasteiger partial charge in [-0.15, -0.1) is 0 Å². The van der Waals surface area contributed by atoms with Crippen LogP contribution in [0.2, 0.25) is 0 Å². The Kier molecular flexibility index (Phi) is 7.82. The number of hydrogen-bond donors (Lipinski definition) is 1. The van der Waals surface area contributed by atoms with Gasteiger partial charge in [0.2, 0.25) is 0 Å². The second-order valence-corrected chi connectivity index (χ2v) is 5.37. The predicted molar refractivity (Wildman–Crippen MR) is 72.9 cm³/mol. The molecule has 0 heterocycles. The van der Waals surface area contributed by atoms with E-state index in [0.717, 1.165) is 26.0 Å². The van der Waals surface area contributed by atoms with E-state index in [2.05, 4.69) is 26.1 Å². The fraction of sp³-hybridized carbons (Fsp3) is 1.00. The van der Waals surface area contributed by atoms with Gasteiger partial charge in [0.05, 0.1) is 25.4 Å². The van der Waals surface area contributed by atoms with Gasteiger partial charge in [-0.25, -0.2) is 0 Å². The Balaban J connectivity index is 2.05. The molecule has 0 aromatic carbocycles. The number of nitrogens with one attached hydrogen (secondary N) is 1. The third-order valence-electron chi connectivity index (χ3n) is 3.19. The molecule has 1 aliphatic rings. The third kappa shape index (κ3) is 5.22. The molecule has 1 rings (SSSR count). The van der Waals surface area contributed by atoms with Crippen LogP contribution in [0.4, 0.5) is 0 Å². The van der Waals surface area contributed by atoms with Gasteiger partial charge in [0, 0.05) is 19.8 Å². The molecule has 0 spiro atoms. The molecule has 4 heteroatoms. The first-order valence-corrected chi connectivity index (χ1v) is 7.14. The zero-order chi connectivity index (χ0) is 13.4. The van der Waals surface area contributed by atoms with Gasteiger partial charge in [-0.1, -0.05) is 20.8 Å². The first kappa shape index (κ1) is 15.9. The normalized spacial score (nSPS) is 27.5. The van der Waals surface area contributed by atoms with Gasteiger partial charge in [-0.2, -0.15) is 0 Å². The topological polar surface area (TPSA) is 39.7 Å². The highest BCUT2D eigenvalue weighted by atomic mass is 16.6. The van der Waals surface area contributed by atoms with Crippen LogP contribution in [-0.4, -0.2) is 51.7 Å². The smallest absolute Gasteiger partial charge is 0.0986 e. The summed E-state index contributed by atoms with van der Waals surface area (Å²) in [6.45, 7) is 9.68. The second kappa shape index (κ2) is 8.86. The quantitative estimate of drug-likeness (QED) is 0.608. The summed E-state index contributed by atoms with van der Waals surface area (Å²) in [6.07, 6.45) is 2.62. The minimum Gasteiger partial charge on any atom is -0.379 e. The van der Waals surface area contributed by atoms with Crippen LogP contribution in [-0.2, 0) is 14.2 Å². The fourth-order valence-corrected chi connectivity index (χ4v) is 2.17. The Morgan fingerprint density at radius 2 is 2.06 bits per heavy atom. The van der Waals surface area contributed by atoms with Crippen molar-refractivity contribution in [1.82, 2.24) is 5.32 Å². The van der Waals surface area contributed by atoms with Gasteiger partial charge in [-0.05, 0) is 25.3 Å². The van der Waals surface area contributed by atoms with E-state index in [9.17, 15) is 0 Å². The minimum atomic E-state index is 0.196. The predicted octanol–water partition coefficient (Wildman–Crippen LogP) is 1.83. The third-order valence-corrected chi connectivity index (χ3v) is 3.19. The van der Waals surface area contributed by atoms with Crippen molar-refractivity contribution in [2.45, 2.75) is 51.9 Å². The van der Waals surface area contributed by atoms with E-state index in [1.54, 1.807) is 7.11 Å². The van der Waals surface area contributed by atoms with Gasteiger partial charge in [0.15, 0.2) is 0 Å². The van der Waals surface area contributed by atoms with E-state index < -0.39 is 0 Å². The van der Waals surface area contributed by atoms with Gasteiger partial charge in [-0.3, -0.25) is 0 Å². The van der Waals surface area contributed by atoms with Crippen LogP contribution in [0.3, 0.4) is 0 Å². The van der Waals surface area contributed by atoms with Crippen molar-refractivity contribution < 1.29 is 14.2 Å². The lowest BCUT2D eigenvalue weighted by Crippen LogP contribution is -2.60. The fourth-order valence-electron chi connectivity index (χ4n) is 2.17. The van der Waals surface area contributed by atoms with E-state index in [0.29, 0.717) is 25.2 Å². The molecule has 1 N–H and O–H groups in total. The summed E-state index contributed by atoms with van der Waals surface area (Å²) in [7, 11) is 1.76. The summed E-state index contributed by atoms with van der Waals surface area (Å²) >= 11 is 0. The summed E-state index contributed by atoms with van der Waals surface area (Å²) in [5.74, 6) is 0.586. The molecular formula is C14H29NO3. The number of methoxy groups -OCH3 is 1. The molecule has 3 unspecified atom stereocenters. The monoisotopic (exact) mass is 259 g/mol. The molecule has 0 aromatic rings. The maximum absolute atomic E-state index is 5.78. The van der Waals surface area contributed by atoms with Crippen molar-refractivity contribution in [2.24, 2.45) is 5.92 Å². The molecular weight excluding hydrogens is 230 g/mol. The Morgan fingerprint density at radius 3 is 2.67 bits per heavy atom. The summed E-state index contributed by atoms with van der Waals surface area (Å²) in [6, 6.07) is 0.455. The number of ether oxygens (including phenoxy) is 3. The molecule has 4 nitrogen and oxygen atoms in total. The molecule has 0 bridgehead atoms. The first-order valence-electron chi connectivity index (χ1n) is 7.14. The van der Waals surface area contributed by atoms with Crippen LogP contribution in [0, 0.1) is 5.92 Å². The van der Waals surface area contributed by atoms with Crippen LogP contribution in [0.25, 0.3) is 0 Å². The second-order valence-electron chi connectivity index (χ2n) is 5.37. The Bertz CT molecular complexity index is 211. The number of hydrogen-bond acceptors (Lipinski definition) is 4. The molecule has 3 atom stereocenters. The minimum absolute atomic E-state index is 0.196. The van der Waals surface area contributed by atoms with Gasteiger partial charge < -0.3 is 19.5 Å². The Morgan fingerprint density at radius 1 is 1.28 bits per heavy atom. The average Bonchev–Trinajstić information content (AvgIpc) is 2.31. The SMILES string of the molecule is CCCNC1CC(OCCOCC(C)C)C1OC. The highest BCUT2D eigenvalue weighted by Crippen LogP contribution is 2.26. The van der Waals surface area contributed by atoms with Crippen LogP contribution < -0.4 is 5.32 Å². The summed E-state index contributed by atoms with van der Waals surface area (Å²) < 4.78 is 16.8. The average molecular weight is 259 g/mol. The van der Waals surface area contributed by atoms with Gasteiger partial charge in [0.25, 0.3) is 0 Å². The van der Waals surface area contributed by atoms with E-state index in [-0.39, 0.29) is 12.2 Å². The highest BCUT2D eigenvalue weighted by molar-refractivity contribution is 4.96. The summed E-state index contributed by atoms with van der Waals surface area (Å²) in [5, 5.41) is 3.48. The van der Waals surface area contributed by atoms with Crippen molar-refractivity contribution in [1.29, 1.82) is 0 Å². The lowest BCUT2D eigenvalue weighted by molar-refractivity contribution is -0.141. The summed E-state index contributed by atoms with van der Waals surface area (Å²) in [4.78, 5) is 0. The molecule has 18 heavy (non-hydrogen) atoms. The van der Waals surface area contributed by atoms with Gasteiger partial charge in [0.1, 0.15) is 0 Å². The van der Waals surface area contributed by atoms with Gasteiger partial charge >= 0.3 is 0 Å². The Labute approximate surface area is 111 Å². The molecule has 1 aliphatic carbocycles. The van der Waals surface area contributed by atoms with Crippen molar-refractivity contribution in [3.05, 3.63) is 0 Å². The first-order chi connectivity index (χ1) is 8.69. The maximum atomic E-state index is 5.78. The lowest BCUT2D eigenvalue weighted by atomic mass is 9.85. The van der Waals surface area contributed by atoms with Crippen LogP contribution >= 0.6 is 0 Å². The van der Waals surface area contributed by atoms with Crippen molar-refractivity contribution in [2.75, 3.05) is 33.5 Å². The Hall–Kier alpha value is -0.160. The lowest BCUT2D eigenvalue weighted by Gasteiger charge is -2.43. The molecule has 1 fully saturated rings. The molecule has 0 amide bonds. The van der Waals surface area contributed by atoms with Crippen molar-refractivity contribution in [3.8, 4) is 0 Å². The zero-order valence-corrected chi connectivity index (χ0v) is 12.3. The molecule has 0 saturated heterocycles. The van der Waals surface area contributed by atoms with Crippen molar-refractivity contribution >= 4 is 0 Å². The molecule has 0 radical (unpaired) electrons. The molecule has 0 aliphatic heterocycles. The molecule has 0 aromatic heterocycles. The van der Waals surface area contributed by atoms with Crippen LogP contribution in [0.1, 0.15) is 33.6 Å². The van der Waals surface area contributed by atoms with Crippen LogP contribution in [0.5, 0.6) is 0 Å². The maximum Gasteiger partial charge on any atom is 0.0986 e. The molecule has 1 saturated carbocycles. The molecule has 108 valence electrons. The van der Waals surface area contributed by atoms with Crippen molar-refractivity contribution in [3.63, 3.8) is 0 Å². The van der Waals surface area contributed by atoms with Crippen LogP contribution in [0.15, 0.2) is 0 Å². The van der Waals surface area contributed by atoms with E-state index in [1.807, 2.05) is 0 Å². The largest absolute Gasteiger partial charge is 0.379 e. The number of rotatable bonds is 10. The summed E-state index contributed by atoms with van der Waals surface area (Å²) in [5.41, 5.74) is 0. The standard InChI is InChI=1S/C14H29NO3/c1-5-6-15-12-9-13(14(12)16-4)18-8-7-17-10-11(2)3/h11-15H,5-10H2,1-4H3.